The molecule has 2 aliphatic rings. The molecule has 2 unspecified atom stereocenters. The van der Waals surface area contributed by atoms with Gasteiger partial charge < -0.3 is 5.11 Å². The highest BCUT2D eigenvalue weighted by molar-refractivity contribution is 5.96. The molecule has 2 heteroatoms. The smallest absolute Gasteiger partial charge is 0.159 e. The molecule has 2 rings (SSSR count). The summed E-state index contributed by atoms with van der Waals surface area (Å²) in [4.78, 5) is 11.4. The lowest BCUT2D eigenvalue weighted by Gasteiger charge is -2.34. The number of hydrogen-bond donors (Lipinski definition) is 1. The number of fused-ring (bicyclic) bond motifs is 2. The number of carbonyl (C=O) groups is 1. The van der Waals surface area contributed by atoms with Crippen LogP contribution in [0, 0.1) is 16.7 Å². The molecule has 2 bridgehead atoms. The first kappa shape index (κ1) is 9.50. The maximum atomic E-state index is 11.4. The number of ketones is 1. The van der Waals surface area contributed by atoms with Crippen molar-refractivity contribution in [1.82, 2.24) is 0 Å². The Morgan fingerprint density at radius 2 is 2.00 bits per heavy atom. The molecule has 76 valence electrons. The van der Waals surface area contributed by atoms with Gasteiger partial charge in [0.2, 0.25) is 0 Å². The summed E-state index contributed by atoms with van der Waals surface area (Å²) < 4.78 is 0. The molecule has 0 fully saturated rings. The van der Waals surface area contributed by atoms with E-state index in [1.165, 1.54) is 6.92 Å². The molecule has 2 aliphatic carbocycles. The fourth-order valence-corrected chi connectivity index (χ4v) is 2.72. The lowest BCUT2D eigenvalue weighted by molar-refractivity contribution is -0.114. The summed E-state index contributed by atoms with van der Waals surface area (Å²) in [5, 5.41) is 10.1. The maximum absolute atomic E-state index is 11.4. The number of allylic oxidation sites excluding steroid dienone is 3. The molecule has 0 saturated carbocycles. The molecule has 0 heterocycles. The molecule has 0 aliphatic heterocycles. The van der Waals surface area contributed by atoms with Crippen LogP contribution in [0.15, 0.2) is 23.5 Å². The number of aliphatic hydroxyl groups excluding tert-OH is 1. The third kappa shape index (κ3) is 0.753. The fourth-order valence-electron chi connectivity index (χ4n) is 2.72. The van der Waals surface area contributed by atoms with E-state index in [1.807, 2.05) is 13.0 Å². The predicted molar refractivity (Wildman–Crippen MR) is 54.9 cm³/mol. The van der Waals surface area contributed by atoms with Gasteiger partial charge in [-0.1, -0.05) is 26.0 Å². The summed E-state index contributed by atoms with van der Waals surface area (Å²) in [6, 6.07) is 0. The number of rotatable bonds is 1. The van der Waals surface area contributed by atoms with Crippen molar-refractivity contribution in [2.45, 2.75) is 27.7 Å². The van der Waals surface area contributed by atoms with Gasteiger partial charge in [-0.25, -0.2) is 0 Å². The van der Waals surface area contributed by atoms with E-state index in [4.69, 9.17) is 0 Å². The van der Waals surface area contributed by atoms with Crippen molar-refractivity contribution in [3.05, 3.63) is 23.5 Å². The van der Waals surface area contributed by atoms with Gasteiger partial charge in [0, 0.05) is 16.9 Å². The number of hydrogen-bond acceptors (Lipinski definition) is 2. The van der Waals surface area contributed by atoms with Crippen LogP contribution in [0.1, 0.15) is 27.7 Å². The summed E-state index contributed by atoms with van der Waals surface area (Å²) in [5.74, 6) is 0.362. The summed E-state index contributed by atoms with van der Waals surface area (Å²) in [6.07, 6.45) is 4.08. The second kappa shape index (κ2) is 2.30. The van der Waals surface area contributed by atoms with Crippen molar-refractivity contribution in [2.75, 3.05) is 0 Å². The molecular formula is C12H16O2. The van der Waals surface area contributed by atoms with Crippen molar-refractivity contribution in [3.63, 3.8) is 0 Å². The Bertz CT molecular complexity index is 374. The highest BCUT2D eigenvalue weighted by atomic mass is 16.3. The van der Waals surface area contributed by atoms with Crippen LogP contribution in [0.5, 0.6) is 0 Å². The van der Waals surface area contributed by atoms with E-state index in [1.54, 1.807) is 0 Å². The van der Waals surface area contributed by atoms with E-state index in [-0.39, 0.29) is 28.3 Å². The second-order valence-corrected chi connectivity index (χ2v) is 5.08. The number of carbonyl (C=O) groups excluding carboxylic acids is 1. The first-order valence-corrected chi connectivity index (χ1v) is 4.96. The minimum absolute atomic E-state index is 0.00588. The van der Waals surface area contributed by atoms with Crippen molar-refractivity contribution in [1.29, 1.82) is 0 Å². The van der Waals surface area contributed by atoms with E-state index in [0.717, 1.165) is 0 Å². The van der Waals surface area contributed by atoms with Crippen LogP contribution in [0.25, 0.3) is 0 Å². The van der Waals surface area contributed by atoms with Crippen LogP contribution in [0.2, 0.25) is 0 Å². The molecule has 0 amide bonds. The second-order valence-electron chi connectivity index (χ2n) is 5.08. The van der Waals surface area contributed by atoms with Gasteiger partial charge in [-0.2, -0.15) is 0 Å². The van der Waals surface area contributed by atoms with Crippen molar-refractivity contribution in [2.24, 2.45) is 16.7 Å². The predicted octanol–water partition coefficient (Wildman–Crippen LogP) is 2.62. The molecule has 0 radical (unpaired) electrons. The minimum atomic E-state index is -0.349. The van der Waals surface area contributed by atoms with Crippen molar-refractivity contribution < 1.29 is 9.90 Å². The van der Waals surface area contributed by atoms with E-state index in [2.05, 4.69) is 19.9 Å². The normalized spacial score (nSPS) is 38.1. The Morgan fingerprint density at radius 1 is 1.43 bits per heavy atom. The molecule has 0 aromatic heterocycles. The molecule has 0 saturated heterocycles. The third-order valence-corrected chi connectivity index (χ3v) is 4.18. The summed E-state index contributed by atoms with van der Waals surface area (Å²) in [5.41, 5.74) is 0.191. The third-order valence-electron chi connectivity index (χ3n) is 4.18. The Kier molecular flexibility index (Phi) is 1.56. The molecule has 0 aromatic carbocycles. The van der Waals surface area contributed by atoms with Gasteiger partial charge in [-0.3, -0.25) is 4.79 Å². The van der Waals surface area contributed by atoms with Crippen molar-refractivity contribution >= 4 is 5.78 Å². The standard InChI is InChI=1S/C12H16O2/c1-7(13)9-8-5-6-12(4,10(9)14)11(8,2)3/h5-6,8,14H,1-4H3. The summed E-state index contributed by atoms with van der Waals surface area (Å²) in [7, 11) is 0. The molecule has 1 N–H and O–H groups in total. The Morgan fingerprint density at radius 3 is 2.29 bits per heavy atom. The van der Waals surface area contributed by atoms with Gasteiger partial charge in [0.15, 0.2) is 5.78 Å². The number of Topliss-reactive ketones (excluding diaryl/α,β-unsaturated/α-hetero) is 1. The van der Waals surface area contributed by atoms with Gasteiger partial charge in [0.05, 0.1) is 0 Å². The summed E-state index contributed by atoms with van der Waals surface area (Å²) in [6.45, 7) is 7.72. The molecule has 2 atom stereocenters. The van der Waals surface area contributed by atoms with Gasteiger partial charge >= 0.3 is 0 Å². The minimum Gasteiger partial charge on any atom is -0.511 e. The van der Waals surface area contributed by atoms with E-state index >= 15 is 0 Å². The van der Waals surface area contributed by atoms with E-state index in [9.17, 15) is 9.90 Å². The van der Waals surface area contributed by atoms with E-state index in [0.29, 0.717) is 5.57 Å². The molecule has 14 heavy (non-hydrogen) atoms. The lowest BCUT2D eigenvalue weighted by atomic mass is 9.69. The van der Waals surface area contributed by atoms with Gasteiger partial charge in [-0.15, -0.1) is 0 Å². The van der Waals surface area contributed by atoms with Crippen LogP contribution in [-0.4, -0.2) is 10.9 Å². The zero-order valence-corrected chi connectivity index (χ0v) is 9.09. The molecule has 0 aromatic rings. The first-order chi connectivity index (χ1) is 6.32. The topological polar surface area (TPSA) is 37.3 Å². The molecule has 0 spiro atoms. The van der Waals surface area contributed by atoms with Gasteiger partial charge in [0.25, 0.3) is 0 Å². The Balaban J connectivity index is 2.61. The highest BCUT2D eigenvalue weighted by Gasteiger charge is 2.59. The van der Waals surface area contributed by atoms with Crippen LogP contribution >= 0.6 is 0 Å². The lowest BCUT2D eigenvalue weighted by Crippen LogP contribution is -2.30. The van der Waals surface area contributed by atoms with Crippen LogP contribution < -0.4 is 0 Å². The molecule has 2 nitrogen and oxygen atoms in total. The van der Waals surface area contributed by atoms with Crippen LogP contribution in [0.4, 0.5) is 0 Å². The average Bonchev–Trinajstić information content (AvgIpc) is 2.35. The first-order valence-electron chi connectivity index (χ1n) is 4.96. The zero-order valence-electron chi connectivity index (χ0n) is 9.09. The zero-order chi connectivity index (χ0) is 10.7. The summed E-state index contributed by atoms with van der Waals surface area (Å²) >= 11 is 0. The van der Waals surface area contributed by atoms with E-state index < -0.39 is 0 Å². The van der Waals surface area contributed by atoms with Crippen molar-refractivity contribution in [3.8, 4) is 0 Å². The maximum Gasteiger partial charge on any atom is 0.159 e. The quantitative estimate of drug-likeness (QED) is 0.648. The SMILES string of the molecule is CC(=O)C1=C(O)C2(C)C=CC1C2(C)C. The Labute approximate surface area is 84.3 Å². The average molecular weight is 192 g/mol. The fraction of sp³-hybridized carbons (Fsp3) is 0.583. The largest absolute Gasteiger partial charge is 0.511 e. The Hall–Kier alpha value is -1.05. The van der Waals surface area contributed by atoms with Crippen LogP contribution in [0.3, 0.4) is 0 Å². The molecular weight excluding hydrogens is 176 g/mol. The van der Waals surface area contributed by atoms with Gasteiger partial charge in [0.1, 0.15) is 5.76 Å². The highest BCUT2D eigenvalue weighted by Crippen LogP contribution is 2.63. The number of aliphatic hydroxyl groups is 1. The van der Waals surface area contributed by atoms with Crippen LogP contribution in [-0.2, 0) is 4.79 Å². The van der Waals surface area contributed by atoms with Gasteiger partial charge in [-0.05, 0) is 19.3 Å². The monoisotopic (exact) mass is 192 g/mol.